The van der Waals surface area contributed by atoms with Gasteiger partial charge in [0.05, 0.1) is 23.6 Å². The first-order valence-corrected chi connectivity index (χ1v) is 8.79. The van der Waals surface area contributed by atoms with E-state index in [1.807, 2.05) is 0 Å². The largest absolute Gasteiger partial charge is 0.444 e. The zero-order valence-electron chi connectivity index (χ0n) is 12.8. The molecule has 0 aliphatic carbocycles. The van der Waals surface area contributed by atoms with E-state index < -0.39 is 33.6 Å². The SMILES string of the molecule is CC(=O)N1CCN(C(=O)OC(C)(C)C)C2CS(=O)(=O)CC21. The second kappa shape index (κ2) is 5.15. The molecule has 21 heavy (non-hydrogen) atoms. The van der Waals surface area contributed by atoms with Crippen molar-refractivity contribution in [2.45, 2.75) is 45.4 Å². The zero-order chi connectivity index (χ0) is 16.0. The fourth-order valence-electron chi connectivity index (χ4n) is 2.89. The molecular weight excluding hydrogens is 296 g/mol. The van der Waals surface area contributed by atoms with E-state index >= 15 is 0 Å². The van der Waals surface area contributed by atoms with E-state index in [2.05, 4.69) is 0 Å². The number of carbonyl (C=O) groups is 2. The molecule has 2 heterocycles. The van der Waals surface area contributed by atoms with Crippen LogP contribution in [-0.2, 0) is 19.4 Å². The van der Waals surface area contributed by atoms with Gasteiger partial charge in [0.2, 0.25) is 5.91 Å². The Labute approximate surface area is 125 Å². The molecule has 2 atom stereocenters. The zero-order valence-corrected chi connectivity index (χ0v) is 13.6. The third-order valence-corrected chi connectivity index (χ3v) is 5.41. The van der Waals surface area contributed by atoms with Gasteiger partial charge in [-0.3, -0.25) is 4.79 Å². The summed E-state index contributed by atoms with van der Waals surface area (Å²) in [6, 6.07) is -0.976. The highest BCUT2D eigenvalue weighted by Gasteiger charge is 2.49. The summed E-state index contributed by atoms with van der Waals surface area (Å²) in [5.41, 5.74) is -0.637. The quantitative estimate of drug-likeness (QED) is 0.639. The number of amides is 2. The topological polar surface area (TPSA) is 84.0 Å². The van der Waals surface area contributed by atoms with Gasteiger partial charge in [0.1, 0.15) is 5.60 Å². The van der Waals surface area contributed by atoms with Crippen molar-refractivity contribution < 1.29 is 22.7 Å². The predicted octanol–water partition coefficient (Wildman–Crippen LogP) is 0.251. The summed E-state index contributed by atoms with van der Waals surface area (Å²) >= 11 is 0. The Bertz CT molecular complexity index is 551. The van der Waals surface area contributed by atoms with Gasteiger partial charge in [-0.15, -0.1) is 0 Å². The van der Waals surface area contributed by atoms with E-state index in [-0.39, 0.29) is 17.4 Å². The highest BCUT2D eigenvalue weighted by atomic mass is 32.2. The number of nitrogens with zero attached hydrogens (tertiary/aromatic N) is 2. The van der Waals surface area contributed by atoms with Gasteiger partial charge in [-0.1, -0.05) is 0 Å². The third kappa shape index (κ3) is 3.48. The van der Waals surface area contributed by atoms with Gasteiger partial charge >= 0.3 is 6.09 Å². The highest BCUT2D eigenvalue weighted by molar-refractivity contribution is 7.91. The monoisotopic (exact) mass is 318 g/mol. The molecule has 2 unspecified atom stereocenters. The van der Waals surface area contributed by atoms with Gasteiger partial charge in [-0.05, 0) is 20.8 Å². The Hall–Kier alpha value is -1.31. The summed E-state index contributed by atoms with van der Waals surface area (Å²) in [5, 5.41) is 0. The molecule has 0 bridgehead atoms. The van der Waals surface area contributed by atoms with Gasteiger partial charge in [0, 0.05) is 20.0 Å². The molecule has 2 aliphatic heterocycles. The van der Waals surface area contributed by atoms with E-state index in [0.29, 0.717) is 13.1 Å². The molecule has 0 spiro atoms. The standard InChI is InChI=1S/C13H22N2O5S/c1-9(16)14-5-6-15(12(17)20-13(2,3)4)11-8-21(18,19)7-10(11)14/h10-11H,5-8H2,1-4H3. The molecule has 7 nitrogen and oxygen atoms in total. The van der Waals surface area contributed by atoms with Crippen LogP contribution in [-0.4, -0.2) is 72.5 Å². The Morgan fingerprint density at radius 1 is 1.05 bits per heavy atom. The van der Waals surface area contributed by atoms with Crippen molar-refractivity contribution >= 4 is 21.8 Å². The first-order chi connectivity index (χ1) is 9.50. The van der Waals surface area contributed by atoms with Crippen molar-refractivity contribution in [2.75, 3.05) is 24.6 Å². The van der Waals surface area contributed by atoms with Gasteiger partial charge in [-0.2, -0.15) is 0 Å². The molecule has 2 rings (SSSR count). The molecule has 8 heteroatoms. The molecule has 2 aliphatic rings. The highest BCUT2D eigenvalue weighted by Crippen LogP contribution is 2.28. The van der Waals surface area contributed by atoms with Crippen LogP contribution in [0.5, 0.6) is 0 Å². The summed E-state index contributed by atoms with van der Waals surface area (Å²) < 4.78 is 29.1. The van der Waals surface area contributed by atoms with Crippen LogP contribution in [0.4, 0.5) is 4.79 Å². The summed E-state index contributed by atoms with van der Waals surface area (Å²) in [6.07, 6.45) is -0.516. The molecule has 0 N–H and O–H groups in total. The lowest BCUT2D eigenvalue weighted by Gasteiger charge is -2.43. The van der Waals surface area contributed by atoms with Crippen LogP contribution >= 0.6 is 0 Å². The lowest BCUT2D eigenvalue weighted by atomic mass is 10.1. The maximum atomic E-state index is 12.2. The van der Waals surface area contributed by atoms with Crippen molar-refractivity contribution in [3.63, 3.8) is 0 Å². The number of hydrogen-bond donors (Lipinski definition) is 0. The second-order valence-corrected chi connectivity index (χ2v) is 8.75. The number of piperazine rings is 1. The van der Waals surface area contributed by atoms with Gasteiger partial charge in [0.15, 0.2) is 9.84 Å². The molecule has 120 valence electrons. The number of ether oxygens (including phenoxy) is 1. The Morgan fingerprint density at radius 2 is 1.52 bits per heavy atom. The van der Waals surface area contributed by atoms with Crippen molar-refractivity contribution in [2.24, 2.45) is 0 Å². The fourth-order valence-corrected chi connectivity index (χ4v) is 4.87. The summed E-state index contributed by atoms with van der Waals surface area (Å²) in [7, 11) is -3.25. The lowest BCUT2D eigenvalue weighted by Crippen LogP contribution is -2.62. The third-order valence-electron chi connectivity index (χ3n) is 3.71. The van der Waals surface area contributed by atoms with Gasteiger partial charge in [-0.25, -0.2) is 13.2 Å². The van der Waals surface area contributed by atoms with E-state index in [0.717, 1.165) is 0 Å². The van der Waals surface area contributed by atoms with Crippen LogP contribution in [0.25, 0.3) is 0 Å². The second-order valence-electron chi connectivity index (χ2n) is 6.60. The van der Waals surface area contributed by atoms with Gasteiger partial charge in [0.25, 0.3) is 0 Å². The molecule has 2 fully saturated rings. The molecule has 0 radical (unpaired) electrons. The van der Waals surface area contributed by atoms with Crippen LogP contribution in [0.3, 0.4) is 0 Å². The van der Waals surface area contributed by atoms with Crippen LogP contribution < -0.4 is 0 Å². The lowest BCUT2D eigenvalue weighted by molar-refractivity contribution is -0.134. The minimum Gasteiger partial charge on any atom is -0.444 e. The number of sulfone groups is 1. The normalized spacial score (nSPS) is 28.2. The van der Waals surface area contributed by atoms with E-state index in [4.69, 9.17) is 4.74 Å². The van der Waals surface area contributed by atoms with E-state index in [1.54, 1.807) is 25.7 Å². The minimum absolute atomic E-state index is 0.0868. The smallest absolute Gasteiger partial charge is 0.410 e. The average Bonchev–Trinajstić information content (AvgIpc) is 2.59. The Morgan fingerprint density at radius 3 is 2.00 bits per heavy atom. The summed E-state index contributed by atoms with van der Waals surface area (Å²) in [5.74, 6) is -0.358. The van der Waals surface area contributed by atoms with Gasteiger partial charge < -0.3 is 14.5 Å². The van der Waals surface area contributed by atoms with E-state index in [9.17, 15) is 18.0 Å². The molecule has 0 aromatic heterocycles. The predicted molar refractivity (Wildman–Crippen MR) is 76.6 cm³/mol. The van der Waals surface area contributed by atoms with E-state index in [1.165, 1.54) is 11.8 Å². The number of hydrogen-bond acceptors (Lipinski definition) is 5. The maximum Gasteiger partial charge on any atom is 0.410 e. The molecule has 0 aromatic carbocycles. The number of rotatable bonds is 0. The van der Waals surface area contributed by atoms with Crippen LogP contribution in [0.15, 0.2) is 0 Å². The molecular formula is C13H22N2O5S. The Kier molecular flexibility index (Phi) is 3.94. The Balaban J connectivity index is 2.23. The number of carbonyl (C=O) groups excluding carboxylic acids is 2. The number of fused-ring (bicyclic) bond motifs is 1. The average molecular weight is 318 g/mol. The first-order valence-electron chi connectivity index (χ1n) is 6.97. The molecule has 0 saturated carbocycles. The van der Waals surface area contributed by atoms with Crippen LogP contribution in [0, 0.1) is 0 Å². The maximum absolute atomic E-state index is 12.2. The molecule has 2 amide bonds. The fraction of sp³-hybridized carbons (Fsp3) is 0.846. The van der Waals surface area contributed by atoms with Crippen LogP contribution in [0.2, 0.25) is 0 Å². The molecule has 0 aromatic rings. The minimum atomic E-state index is -3.25. The van der Waals surface area contributed by atoms with Crippen molar-refractivity contribution in [1.29, 1.82) is 0 Å². The van der Waals surface area contributed by atoms with Crippen molar-refractivity contribution in [1.82, 2.24) is 9.80 Å². The molecule has 2 saturated heterocycles. The first kappa shape index (κ1) is 16.1. The summed E-state index contributed by atoms with van der Waals surface area (Å²) in [6.45, 7) is 7.35. The van der Waals surface area contributed by atoms with Crippen molar-refractivity contribution in [3.8, 4) is 0 Å². The van der Waals surface area contributed by atoms with Crippen LogP contribution in [0.1, 0.15) is 27.7 Å². The van der Waals surface area contributed by atoms with Crippen molar-refractivity contribution in [3.05, 3.63) is 0 Å². The summed E-state index contributed by atoms with van der Waals surface area (Å²) in [4.78, 5) is 26.9.